The Kier molecular flexibility index (Phi) is 5.98. The summed E-state index contributed by atoms with van der Waals surface area (Å²) in [5.74, 6) is 0.103. The summed E-state index contributed by atoms with van der Waals surface area (Å²) >= 11 is 0. The number of anilines is 1. The van der Waals surface area contributed by atoms with E-state index in [4.69, 9.17) is 5.73 Å². The first-order chi connectivity index (χ1) is 9.31. The van der Waals surface area contributed by atoms with Crippen LogP contribution >= 0.6 is 0 Å². The Labute approximate surface area is 121 Å². The molecule has 1 atom stereocenters. The fraction of sp³-hybridized carbons (Fsp3) is 0.571. The van der Waals surface area contributed by atoms with E-state index in [9.17, 15) is 13.5 Å². The number of sulfonamides is 1. The van der Waals surface area contributed by atoms with Crippen LogP contribution in [0.3, 0.4) is 0 Å². The molecule has 0 aromatic heterocycles. The van der Waals surface area contributed by atoms with Crippen molar-refractivity contribution < 1.29 is 13.5 Å². The number of aliphatic hydroxyl groups excluding tert-OH is 1. The average Bonchev–Trinajstić information content (AvgIpc) is 2.41. The zero-order valence-electron chi connectivity index (χ0n) is 12.3. The molecule has 20 heavy (non-hydrogen) atoms. The van der Waals surface area contributed by atoms with Crippen molar-refractivity contribution in [2.45, 2.75) is 44.6 Å². The number of benzene rings is 1. The second kappa shape index (κ2) is 7.06. The van der Waals surface area contributed by atoms with Crippen molar-refractivity contribution in [3.8, 4) is 0 Å². The lowest BCUT2D eigenvalue weighted by molar-refractivity contribution is 0.107. The van der Waals surface area contributed by atoms with Crippen LogP contribution in [0.1, 0.15) is 32.3 Å². The summed E-state index contributed by atoms with van der Waals surface area (Å²) in [7, 11) is -3.61. The third-order valence-electron chi connectivity index (χ3n) is 3.63. The first-order valence-electron chi connectivity index (χ1n) is 6.85. The number of nitrogens with one attached hydrogen (secondary N) is 1. The molecule has 1 aromatic rings. The molecule has 0 fully saturated rings. The van der Waals surface area contributed by atoms with Crippen LogP contribution in [0.15, 0.2) is 23.1 Å². The van der Waals surface area contributed by atoms with Crippen LogP contribution in [-0.2, 0) is 10.0 Å². The van der Waals surface area contributed by atoms with Crippen molar-refractivity contribution in [1.29, 1.82) is 0 Å². The lowest BCUT2D eigenvalue weighted by Crippen LogP contribution is -2.36. The van der Waals surface area contributed by atoms with Gasteiger partial charge in [-0.25, -0.2) is 13.1 Å². The third kappa shape index (κ3) is 4.19. The van der Waals surface area contributed by atoms with Crippen molar-refractivity contribution in [3.63, 3.8) is 0 Å². The Bertz CT molecular complexity index is 539. The van der Waals surface area contributed by atoms with E-state index < -0.39 is 16.1 Å². The molecule has 0 bridgehead atoms. The van der Waals surface area contributed by atoms with Gasteiger partial charge in [-0.2, -0.15) is 0 Å². The summed E-state index contributed by atoms with van der Waals surface area (Å²) in [5, 5.41) is 9.97. The highest BCUT2D eigenvalue weighted by molar-refractivity contribution is 7.89. The maximum absolute atomic E-state index is 12.1. The monoisotopic (exact) mass is 300 g/mol. The van der Waals surface area contributed by atoms with Gasteiger partial charge in [0.05, 0.1) is 11.0 Å². The van der Waals surface area contributed by atoms with E-state index in [1.165, 1.54) is 12.1 Å². The van der Waals surface area contributed by atoms with Gasteiger partial charge in [0.2, 0.25) is 10.0 Å². The Balaban J connectivity index is 2.77. The van der Waals surface area contributed by atoms with E-state index in [2.05, 4.69) is 4.72 Å². The predicted molar refractivity (Wildman–Crippen MR) is 80.9 cm³/mol. The number of hydrogen-bond donors (Lipinski definition) is 3. The number of hydrogen-bond acceptors (Lipinski definition) is 4. The minimum absolute atomic E-state index is 0.0259. The molecule has 1 unspecified atom stereocenters. The first kappa shape index (κ1) is 16.9. The van der Waals surface area contributed by atoms with E-state index in [0.717, 1.165) is 12.8 Å². The maximum Gasteiger partial charge on any atom is 0.240 e. The van der Waals surface area contributed by atoms with Gasteiger partial charge >= 0.3 is 0 Å². The van der Waals surface area contributed by atoms with E-state index in [1.807, 2.05) is 13.8 Å². The molecule has 0 aliphatic heterocycles. The van der Waals surface area contributed by atoms with Gasteiger partial charge in [-0.05, 0) is 36.6 Å². The molecule has 0 aliphatic carbocycles. The van der Waals surface area contributed by atoms with Crippen molar-refractivity contribution in [2.24, 2.45) is 5.92 Å². The molecule has 0 radical (unpaired) electrons. The van der Waals surface area contributed by atoms with Crippen molar-refractivity contribution in [1.82, 2.24) is 4.72 Å². The van der Waals surface area contributed by atoms with Crippen molar-refractivity contribution in [2.75, 3.05) is 12.3 Å². The Hall–Kier alpha value is -1.11. The molecule has 5 nitrogen and oxygen atoms in total. The summed E-state index contributed by atoms with van der Waals surface area (Å²) in [4.78, 5) is 0.168. The van der Waals surface area contributed by atoms with Crippen molar-refractivity contribution in [3.05, 3.63) is 23.8 Å². The smallest absolute Gasteiger partial charge is 0.240 e. The quantitative estimate of drug-likeness (QED) is 0.668. The highest BCUT2D eigenvalue weighted by Gasteiger charge is 2.20. The molecule has 114 valence electrons. The maximum atomic E-state index is 12.1. The van der Waals surface area contributed by atoms with Gasteiger partial charge in [0.15, 0.2) is 0 Å². The molecule has 1 aromatic carbocycles. The molecule has 0 amide bonds. The molecule has 0 spiro atoms. The van der Waals surface area contributed by atoms with Gasteiger partial charge in [0.1, 0.15) is 0 Å². The van der Waals surface area contributed by atoms with Gasteiger partial charge in [-0.1, -0.05) is 26.7 Å². The summed E-state index contributed by atoms with van der Waals surface area (Å²) in [6.45, 7) is 5.75. The molecule has 1 rings (SSSR count). The average molecular weight is 300 g/mol. The van der Waals surface area contributed by atoms with Gasteiger partial charge in [-0.3, -0.25) is 0 Å². The van der Waals surface area contributed by atoms with Crippen LogP contribution in [0.25, 0.3) is 0 Å². The number of rotatable bonds is 7. The number of aryl methyl sites for hydroxylation is 1. The minimum Gasteiger partial charge on any atom is -0.399 e. The Morgan fingerprint density at radius 1 is 1.30 bits per heavy atom. The molecule has 0 saturated heterocycles. The summed E-state index contributed by atoms with van der Waals surface area (Å²) in [6, 6.07) is 4.57. The lowest BCUT2D eigenvalue weighted by atomic mass is 9.97. The van der Waals surface area contributed by atoms with Gasteiger partial charge in [0, 0.05) is 12.2 Å². The molecular formula is C14H24N2O3S. The van der Waals surface area contributed by atoms with Crippen LogP contribution in [0, 0.1) is 12.8 Å². The second-order valence-electron chi connectivity index (χ2n) is 5.01. The van der Waals surface area contributed by atoms with Crippen LogP contribution < -0.4 is 10.5 Å². The fourth-order valence-electron chi connectivity index (χ4n) is 2.09. The zero-order valence-corrected chi connectivity index (χ0v) is 13.1. The molecule has 0 aliphatic rings. The predicted octanol–water partition coefficient (Wildman–Crippen LogP) is 1.65. The number of nitrogens with two attached hydrogens (primary N) is 1. The summed E-state index contributed by atoms with van der Waals surface area (Å²) < 4.78 is 26.7. The van der Waals surface area contributed by atoms with Crippen molar-refractivity contribution >= 4 is 15.7 Å². The lowest BCUT2D eigenvalue weighted by Gasteiger charge is -2.20. The Morgan fingerprint density at radius 2 is 1.90 bits per heavy atom. The van der Waals surface area contributed by atoms with E-state index >= 15 is 0 Å². The third-order valence-corrected chi connectivity index (χ3v) is 5.05. The fourth-order valence-corrected chi connectivity index (χ4v) is 3.23. The zero-order chi connectivity index (χ0) is 15.3. The summed E-state index contributed by atoms with van der Waals surface area (Å²) in [6.07, 6.45) is 0.968. The van der Waals surface area contributed by atoms with E-state index in [0.29, 0.717) is 11.3 Å². The number of aliphatic hydroxyl groups is 1. The normalized spacial score (nSPS) is 13.7. The van der Waals surface area contributed by atoms with Crippen LogP contribution in [-0.4, -0.2) is 26.2 Å². The van der Waals surface area contributed by atoms with E-state index in [1.54, 1.807) is 13.0 Å². The van der Waals surface area contributed by atoms with Gasteiger partial charge in [0.25, 0.3) is 0 Å². The number of nitrogen functional groups attached to an aromatic ring is 1. The SMILES string of the molecule is CCC(CC)C(O)CNS(=O)(=O)c1ccc(N)c(C)c1. The minimum atomic E-state index is -3.61. The molecule has 0 saturated carbocycles. The highest BCUT2D eigenvalue weighted by atomic mass is 32.2. The van der Waals surface area contributed by atoms with Crippen LogP contribution in [0.5, 0.6) is 0 Å². The van der Waals surface area contributed by atoms with Crippen LogP contribution in [0.2, 0.25) is 0 Å². The molecule has 0 heterocycles. The molecule has 4 N–H and O–H groups in total. The first-order valence-corrected chi connectivity index (χ1v) is 8.34. The van der Waals surface area contributed by atoms with Crippen LogP contribution in [0.4, 0.5) is 5.69 Å². The topological polar surface area (TPSA) is 92.4 Å². The highest BCUT2D eigenvalue weighted by Crippen LogP contribution is 2.17. The molecular weight excluding hydrogens is 276 g/mol. The summed E-state index contributed by atoms with van der Waals surface area (Å²) in [5.41, 5.74) is 6.95. The van der Waals surface area contributed by atoms with E-state index in [-0.39, 0.29) is 17.4 Å². The second-order valence-corrected chi connectivity index (χ2v) is 6.78. The largest absolute Gasteiger partial charge is 0.399 e. The standard InChI is InChI=1S/C14H24N2O3S/c1-4-11(5-2)14(17)9-16-20(18,19)12-6-7-13(15)10(3)8-12/h6-8,11,14,16-17H,4-5,9,15H2,1-3H3. The Morgan fingerprint density at radius 3 is 2.40 bits per heavy atom. The molecule has 6 heteroatoms. The van der Waals surface area contributed by atoms with Gasteiger partial charge in [-0.15, -0.1) is 0 Å². The van der Waals surface area contributed by atoms with Gasteiger partial charge < -0.3 is 10.8 Å².